The monoisotopic (exact) mass is 1070 g/mol. The van der Waals surface area contributed by atoms with Crippen molar-refractivity contribution in [3.8, 4) is 17.4 Å². The van der Waals surface area contributed by atoms with Crippen molar-refractivity contribution in [3.63, 3.8) is 0 Å². The normalized spacial score (nSPS) is 17.0. The SMILES string of the molecule is [2H]c1c([2H])c([2H])c2c(c1[2H])c1ccc(Oc3cc(N4CN(c5c(C6CCCCC6)cc(C(C)(C)C)cc5C5CCCCC5)c5ccccc54)cc([Si](c4ccccc4)(c4ccccc4)c4ccccc4)c3)cc1n2-c1nc2ccccc2n1C([2H])([2H])[2H]. The molecule has 3 heterocycles. The Morgan fingerprint density at radius 3 is 1.71 bits per heavy atom. The topological polar surface area (TPSA) is 38.5 Å². The summed E-state index contributed by atoms with van der Waals surface area (Å²) >= 11 is 0. The fourth-order valence-electron chi connectivity index (χ4n) is 13.8. The van der Waals surface area contributed by atoms with Gasteiger partial charge in [0.1, 0.15) is 18.2 Å². The van der Waals surface area contributed by atoms with E-state index in [-0.39, 0.29) is 40.4 Å². The molecule has 6 nitrogen and oxygen atoms in total. The summed E-state index contributed by atoms with van der Waals surface area (Å²) in [7, 11) is -3.24. The molecule has 11 aromatic rings. The van der Waals surface area contributed by atoms with Crippen LogP contribution in [-0.4, -0.2) is 28.9 Å². The number of fused-ring (bicyclic) bond motifs is 5. The maximum absolute atomic E-state index is 9.40. The second-order valence-corrected chi connectivity index (χ2v) is 27.4. The van der Waals surface area contributed by atoms with Gasteiger partial charge in [0.15, 0.2) is 8.07 Å². The lowest BCUT2D eigenvalue weighted by atomic mass is 9.74. The van der Waals surface area contributed by atoms with E-state index < -0.39 is 21.1 Å². The fourth-order valence-corrected chi connectivity index (χ4v) is 18.6. The zero-order valence-electron chi connectivity index (χ0n) is 53.0. The molecule has 14 rings (SSSR count). The molecule has 0 amide bonds. The molecule has 2 saturated carbocycles. The van der Waals surface area contributed by atoms with Gasteiger partial charge in [0.25, 0.3) is 0 Å². The lowest BCUT2D eigenvalue weighted by molar-refractivity contribution is 0.434. The molecule has 2 aromatic heterocycles. The van der Waals surface area contributed by atoms with Crippen molar-refractivity contribution < 1.29 is 14.3 Å². The number of nitrogens with zero attached hydrogens (tertiary/aromatic N) is 5. The van der Waals surface area contributed by atoms with E-state index in [0.29, 0.717) is 51.9 Å². The Morgan fingerprint density at radius 1 is 0.525 bits per heavy atom. The third kappa shape index (κ3) is 8.64. The summed E-state index contributed by atoms with van der Waals surface area (Å²) in [6.45, 7) is 4.98. The number of ether oxygens (including phenoxy) is 1. The second-order valence-electron chi connectivity index (χ2n) is 23.5. The molecular formula is C73H71N5OSi. The van der Waals surface area contributed by atoms with Crippen molar-refractivity contribution in [2.75, 3.05) is 16.5 Å². The first-order chi connectivity index (χ1) is 42.1. The predicted octanol–water partition coefficient (Wildman–Crippen LogP) is 16.5. The number of para-hydroxylation sites is 5. The van der Waals surface area contributed by atoms with E-state index in [2.05, 4.69) is 176 Å². The third-order valence-electron chi connectivity index (χ3n) is 17.7. The number of aryl methyl sites for hydroxylation is 1. The van der Waals surface area contributed by atoms with Gasteiger partial charge in [0.05, 0.1) is 38.9 Å². The summed E-state index contributed by atoms with van der Waals surface area (Å²) in [5, 5.41) is 5.50. The lowest BCUT2D eigenvalue weighted by Crippen LogP contribution is -2.74. The van der Waals surface area contributed by atoms with Crippen molar-refractivity contribution in [2.24, 2.45) is 6.98 Å². The fraction of sp³-hybridized carbons (Fsp3) is 0.247. The van der Waals surface area contributed by atoms with Crippen LogP contribution in [0.3, 0.4) is 0 Å². The Kier molecular flexibility index (Phi) is 11.0. The molecule has 398 valence electrons. The molecule has 0 N–H and O–H groups in total. The van der Waals surface area contributed by atoms with E-state index >= 15 is 0 Å². The van der Waals surface area contributed by atoms with Gasteiger partial charge in [0.2, 0.25) is 5.95 Å². The summed E-state index contributed by atoms with van der Waals surface area (Å²) in [5.41, 5.74) is 10.4. The molecule has 2 aliphatic carbocycles. The van der Waals surface area contributed by atoms with Gasteiger partial charge in [-0.15, -0.1) is 0 Å². The van der Waals surface area contributed by atoms with Crippen LogP contribution in [-0.2, 0) is 12.4 Å². The van der Waals surface area contributed by atoms with Gasteiger partial charge in [-0.2, -0.15) is 0 Å². The number of hydrogen-bond donors (Lipinski definition) is 0. The zero-order valence-corrected chi connectivity index (χ0v) is 47.0. The highest BCUT2D eigenvalue weighted by molar-refractivity contribution is 7.20. The van der Waals surface area contributed by atoms with Crippen molar-refractivity contribution in [3.05, 3.63) is 229 Å². The lowest BCUT2D eigenvalue weighted by Gasteiger charge is -2.37. The highest BCUT2D eigenvalue weighted by Gasteiger charge is 2.43. The maximum Gasteiger partial charge on any atom is 0.215 e. The smallest absolute Gasteiger partial charge is 0.215 e. The standard InChI is InChI=1S/C73H71N5OSi/c1-73(2,3)53-44-63(51-26-10-5-11-27-51)71(64(45-53)52-28-12-6-13-29-52)77-50-76(68-40-24-25-41-69(68)77)54-46-56(48-60(47-54)80(57-30-14-7-15-31-57,58-32-16-8-17-33-58)59-34-18-9-19-35-59)79-55-42-43-62-61-36-20-22-38-66(61)78(70(62)49-55)72-74-65-37-21-23-39-67(65)75(72)4/h7-9,14-25,30-49,51-52H,5-6,10-13,26-29,50H2,1-4H3/i4D3,20D,22D,36D,38D. The minimum absolute atomic E-state index is 0.00406. The summed E-state index contributed by atoms with van der Waals surface area (Å²) in [6, 6.07) is 64.8. The summed E-state index contributed by atoms with van der Waals surface area (Å²) < 4.78 is 73.2. The molecule has 2 fully saturated rings. The first-order valence-electron chi connectivity index (χ1n) is 32.4. The van der Waals surface area contributed by atoms with Crippen molar-refractivity contribution in [2.45, 2.75) is 102 Å². The Morgan fingerprint density at radius 2 is 1.10 bits per heavy atom. The van der Waals surface area contributed by atoms with Crippen molar-refractivity contribution in [1.82, 2.24) is 14.1 Å². The number of hydrogen-bond acceptors (Lipinski definition) is 4. The van der Waals surface area contributed by atoms with Gasteiger partial charge in [-0.05, 0) is 135 Å². The van der Waals surface area contributed by atoms with Crippen LogP contribution < -0.4 is 35.3 Å². The number of aromatic nitrogens is 3. The second kappa shape index (κ2) is 20.5. The molecule has 0 saturated heterocycles. The van der Waals surface area contributed by atoms with E-state index in [0.717, 1.165) is 16.6 Å². The minimum Gasteiger partial charge on any atom is -0.457 e. The third-order valence-corrected chi connectivity index (χ3v) is 22.5. The first kappa shape index (κ1) is 42.8. The summed E-state index contributed by atoms with van der Waals surface area (Å²) in [6.07, 6.45) is 12.3. The molecular weight excluding hydrogens is 991 g/mol. The van der Waals surface area contributed by atoms with Crippen LogP contribution in [0.25, 0.3) is 38.8 Å². The van der Waals surface area contributed by atoms with E-state index in [1.807, 2.05) is 18.2 Å². The van der Waals surface area contributed by atoms with Crippen molar-refractivity contribution >= 4 is 84.4 Å². The predicted molar refractivity (Wildman–Crippen MR) is 338 cm³/mol. The quantitative estimate of drug-likeness (QED) is 0.0956. The Hall–Kier alpha value is -8.13. The highest BCUT2D eigenvalue weighted by atomic mass is 28.3. The molecule has 0 radical (unpaired) electrons. The summed E-state index contributed by atoms with van der Waals surface area (Å²) in [4.78, 5) is 10.1. The van der Waals surface area contributed by atoms with Crippen LogP contribution in [0.4, 0.5) is 22.7 Å². The van der Waals surface area contributed by atoms with Crippen LogP contribution in [0.5, 0.6) is 11.5 Å². The maximum atomic E-state index is 9.40. The Bertz CT molecular complexity index is 4280. The van der Waals surface area contributed by atoms with Crippen LogP contribution in [0.15, 0.2) is 212 Å². The van der Waals surface area contributed by atoms with E-state index in [4.69, 9.17) is 16.6 Å². The average Bonchev–Trinajstić information content (AvgIpc) is 1.64. The van der Waals surface area contributed by atoms with E-state index in [1.54, 1.807) is 28.8 Å². The molecule has 1 aliphatic heterocycles. The minimum atomic E-state index is -3.24. The van der Waals surface area contributed by atoms with Gasteiger partial charge in [0, 0.05) is 45.4 Å². The van der Waals surface area contributed by atoms with Crippen LogP contribution in [0, 0.1) is 0 Å². The highest BCUT2D eigenvalue weighted by Crippen LogP contribution is 2.53. The van der Waals surface area contributed by atoms with Crippen molar-refractivity contribution in [1.29, 1.82) is 0 Å². The van der Waals surface area contributed by atoms with E-state index in [9.17, 15) is 2.74 Å². The van der Waals surface area contributed by atoms with Gasteiger partial charge >= 0.3 is 0 Å². The molecule has 0 unspecified atom stereocenters. The number of benzene rings is 9. The average molecular weight is 1070 g/mol. The van der Waals surface area contributed by atoms with Crippen LogP contribution >= 0.6 is 0 Å². The van der Waals surface area contributed by atoms with Crippen LogP contribution in [0.1, 0.15) is 123 Å². The first-order valence-corrected chi connectivity index (χ1v) is 30.9. The molecule has 80 heavy (non-hydrogen) atoms. The Balaban J connectivity index is 1.01. The molecule has 3 aliphatic rings. The summed E-state index contributed by atoms with van der Waals surface area (Å²) in [5.74, 6) is 1.92. The van der Waals surface area contributed by atoms with Gasteiger partial charge in [-0.3, -0.25) is 4.57 Å². The van der Waals surface area contributed by atoms with Gasteiger partial charge in [-0.1, -0.05) is 205 Å². The van der Waals surface area contributed by atoms with Gasteiger partial charge in [-0.25, -0.2) is 4.98 Å². The van der Waals surface area contributed by atoms with Crippen LogP contribution in [0.2, 0.25) is 0 Å². The molecule has 0 spiro atoms. The molecule has 7 heteroatoms. The number of rotatable bonds is 11. The zero-order chi connectivity index (χ0) is 59.9. The number of imidazole rings is 1. The molecule has 0 atom stereocenters. The molecule has 0 bridgehead atoms. The molecule has 9 aromatic carbocycles. The Labute approximate surface area is 482 Å². The van der Waals surface area contributed by atoms with E-state index in [1.165, 1.54) is 112 Å². The number of anilines is 4. The largest absolute Gasteiger partial charge is 0.457 e. The van der Waals surface area contributed by atoms with Gasteiger partial charge < -0.3 is 19.1 Å².